The van der Waals surface area contributed by atoms with E-state index in [0.717, 1.165) is 73.0 Å². The van der Waals surface area contributed by atoms with E-state index < -0.39 is 0 Å². The number of unbranched alkanes of at least 4 members (excludes halogenated alkanes) is 2. The van der Waals surface area contributed by atoms with Gasteiger partial charge in [0, 0.05) is 22.9 Å². The predicted octanol–water partition coefficient (Wildman–Crippen LogP) is 16.5. The van der Waals surface area contributed by atoms with Gasteiger partial charge in [0.2, 0.25) is 0 Å². The lowest BCUT2D eigenvalue weighted by atomic mass is 9.68. The Morgan fingerprint density at radius 3 is 1.21 bits per heavy atom. The Morgan fingerprint density at radius 2 is 0.868 bits per heavy atom. The maximum atomic E-state index is 4.89. The minimum absolute atomic E-state index is 0.792. The van der Waals surface area contributed by atoms with Crippen molar-refractivity contribution >= 4 is 15.9 Å². The van der Waals surface area contributed by atoms with Gasteiger partial charge in [0.1, 0.15) is 0 Å². The first kappa shape index (κ1) is 43.8. The van der Waals surface area contributed by atoms with Crippen LogP contribution in [-0.4, -0.2) is 0 Å². The van der Waals surface area contributed by atoms with E-state index >= 15 is 0 Å². The highest BCUT2D eigenvalue weighted by atomic mass is 79.9. The molecule has 53 heavy (non-hydrogen) atoms. The Bertz CT molecular complexity index is 1320. The summed E-state index contributed by atoms with van der Waals surface area (Å²) in [6.45, 7) is 8.94. The van der Waals surface area contributed by atoms with E-state index in [2.05, 4.69) is 110 Å². The van der Waals surface area contributed by atoms with Gasteiger partial charge in [0.25, 0.3) is 0 Å². The van der Waals surface area contributed by atoms with E-state index in [0.29, 0.717) is 0 Å². The largest absolute Gasteiger partial charge is 0.120 e. The van der Waals surface area contributed by atoms with E-state index in [9.17, 15) is 0 Å². The fourth-order valence-electron chi connectivity index (χ4n) is 10.6. The normalized spacial score (nSPS) is 28.5. The Hall–Kier alpha value is -1.96. The van der Waals surface area contributed by atoms with Crippen molar-refractivity contribution < 1.29 is 0 Å². The van der Waals surface area contributed by atoms with Crippen LogP contribution in [0.4, 0.5) is 0 Å². The molecule has 292 valence electrons. The van der Waals surface area contributed by atoms with E-state index in [1.165, 1.54) is 138 Å². The monoisotopic (exact) mass is 781 g/mol. The second-order valence-electron chi connectivity index (χ2n) is 17.5. The maximum absolute atomic E-state index is 4.89. The van der Waals surface area contributed by atoms with Crippen molar-refractivity contribution in [3.05, 3.63) is 69.7 Å². The van der Waals surface area contributed by atoms with Gasteiger partial charge in [-0.15, -0.1) is 12.3 Å². The average molecular weight is 782 g/mol. The molecule has 0 unspecified atom stereocenters. The molecule has 0 aliphatic heterocycles. The number of terminal acetylenes is 1. The third-order valence-electron chi connectivity index (χ3n) is 13.8. The van der Waals surface area contributed by atoms with E-state index in [1.54, 1.807) is 11.1 Å². The third-order valence-corrected chi connectivity index (χ3v) is 14.3. The van der Waals surface area contributed by atoms with Crippen molar-refractivity contribution in [2.45, 2.75) is 194 Å². The van der Waals surface area contributed by atoms with Crippen LogP contribution < -0.4 is 0 Å². The van der Waals surface area contributed by atoms with Crippen LogP contribution in [0.5, 0.6) is 0 Å². The Morgan fingerprint density at radius 1 is 0.491 bits per heavy atom. The number of hydrogen-bond acceptors (Lipinski definition) is 0. The molecule has 0 radical (unpaired) electrons. The quantitative estimate of drug-likeness (QED) is 0.211. The standard InChI is InChI=1S/C26H38.C21H31Br.C5H8/c1-3-5-6-8-22-11-15-24(16-12-22)26-19-17-25(18-20-26)23-13-9-21(7-4-2)10-14-23;1-2-3-16-4-6-17(7-5-16)18-8-10-19(11-9-18)20-12-14-21(22)15-13-20;1-3-5-4-2/h11-12,15-16,21,23,25-26H,3-5,7,9-10,13-14,17-20H2,1-2H3;12-19H,2-11H2,1H3;1H,4-5H2,2H3. The predicted molar refractivity (Wildman–Crippen MR) is 236 cm³/mol. The summed E-state index contributed by atoms with van der Waals surface area (Å²) in [4.78, 5) is 0. The van der Waals surface area contributed by atoms with Crippen molar-refractivity contribution in [3.63, 3.8) is 0 Å². The zero-order valence-corrected chi connectivity index (χ0v) is 36.2. The minimum Gasteiger partial charge on any atom is -0.120 e. The molecule has 2 aromatic rings. The molecule has 0 atom stereocenters. The summed E-state index contributed by atoms with van der Waals surface area (Å²) in [6.07, 6.45) is 38.4. The van der Waals surface area contributed by atoms with Crippen LogP contribution in [-0.2, 0) is 0 Å². The van der Waals surface area contributed by atoms with Crippen molar-refractivity contribution in [1.29, 1.82) is 0 Å². The zero-order valence-electron chi connectivity index (χ0n) is 34.7. The van der Waals surface area contributed by atoms with Gasteiger partial charge in [-0.1, -0.05) is 131 Å². The van der Waals surface area contributed by atoms with Gasteiger partial charge >= 0.3 is 0 Å². The molecule has 2 aromatic carbocycles. The first-order valence-electron chi connectivity index (χ1n) is 22.7. The summed E-state index contributed by atoms with van der Waals surface area (Å²) in [5.74, 6) is 16.9. The molecule has 0 nitrogen and oxygen atoms in total. The number of rotatable bonds is 10. The molecule has 0 aromatic heterocycles. The minimum atomic E-state index is 0.792. The molecule has 0 N–H and O–H groups in total. The molecule has 4 aliphatic carbocycles. The van der Waals surface area contributed by atoms with Crippen molar-refractivity contribution in [1.82, 2.24) is 0 Å². The highest BCUT2D eigenvalue weighted by molar-refractivity contribution is 9.10. The summed E-state index contributed by atoms with van der Waals surface area (Å²) in [6, 6.07) is 18.2. The molecule has 0 amide bonds. The molecule has 0 spiro atoms. The Kier molecular flexibility index (Phi) is 20.8. The molecule has 4 aliphatic rings. The van der Waals surface area contributed by atoms with Crippen LogP contribution in [0.3, 0.4) is 0 Å². The second-order valence-corrected chi connectivity index (χ2v) is 18.5. The highest BCUT2D eigenvalue weighted by Gasteiger charge is 2.32. The fourth-order valence-corrected chi connectivity index (χ4v) is 10.8. The molecule has 6 rings (SSSR count). The molecular weight excluding hydrogens is 704 g/mol. The molecule has 1 heteroatoms. The fraction of sp³-hybridized carbons (Fsp3) is 0.692. The van der Waals surface area contributed by atoms with E-state index in [-0.39, 0.29) is 0 Å². The lowest BCUT2D eigenvalue weighted by molar-refractivity contribution is 0.156. The van der Waals surface area contributed by atoms with E-state index in [4.69, 9.17) is 6.42 Å². The van der Waals surface area contributed by atoms with Gasteiger partial charge in [-0.3, -0.25) is 0 Å². The van der Waals surface area contributed by atoms with Crippen molar-refractivity contribution in [2.24, 2.45) is 35.5 Å². The Labute approximate surface area is 337 Å². The Balaban J connectivity index is 0.000000212. The summed E-state index contributed by atoms with van der Waals surface area (Å²) >= 11 is 3.55. The average Bonchev–Trinajstić information content (AvgIpc) is 3.20. The lowest BCUT2D eigenvalue weighted by Gasteiger charge is -2.38. The summed E-state index contributed by atoms with van der Waals surface area (Å²) in [5, 5.41) is 0. The molecule has 0 saturated heterocycles. The number of benzene rings is 2. The van der Waals surface area contributed by atoms with Crippen LogP contribution in [0.25, 0.3) is 0 Å². The smallest absolute Gasteiger partial charge is 0.0245 e. The molecule has 0 bridgehead atoms. The van der Waals surface area contributed by atoms with Gasteiger partial charge in [0.05, 0.1) is 0 Å². The van der Waals surface area contributed by atoms with Crippen LogP contribution in [0.2, 0.25) is 0 Å². The van der Waals surface area contributed by atoms with Gasteiger partial charge in [-0.2, -0.15) is 0 Å². The summed E-state index contributed by atoms with van der Waals surface area (Å²) in [5.41, 5.74) is 4.30. The van der Waals surface area contributed by atoms with Gasteiger partial charge in [0.15, 0.2) is 0 Å². The third kappa shape index (κ3) is 15.2. The van der Waals surface area contributed by atoms with Crippen molar-refractivity contribution in [3.8, 4) is 24.2 Å². The first-order valence-corrected chi connectivity index (χ1v) is 23.5. The second kappa shape index (κ2) is 25.2. The van der Waals surface area contributed by atoms with Gasteiger partial charge < -0.3 is 0 Å². The summed E-state index contributed by atoms with van der Waals surface area (Å²) < 4.78 is 1.20. The van der Waals surface area contributed by atoms with Gasteiger partial charge in [-0.05, 0) is 173 Å². The number of hydrogen-bond donors (Lipinski definition) is 0. The summed E-state index contributed by atoms with van der Waals surface area (Å²) in [7, 11) is 0. The van der Waals surface area contributed by atoms with Crippen LogP contribution >= 0.6 is 15.9 Å². The zero-order chi connectivity index (χ0) is 37.7. The number of halogens is 1. The topological polar surface area (TPSA) is 0 Å². The van der Waals surface area contributed by atoms with E-state index in [1.807, 2.05) is 0 Å². The van der Waals surface area contributed by atoms with Crippen LogP contribution in [0, 0.1) is 59.7 Å². The SMILES string of the molecule is C#CCCC.CCCC#Cc1ccc(C2CCC(C3CCC(CCC)CC3)CC2)cc1.CCCC1CCC(C2CCC(c3ccc(Br)cc3)CC2)CC1. The molecule has 4 saturated carbocycles. The lowest BCUT2D eigenvalue weighted by Crippen LogP contribution is -2.25. The van der Waals surface area contributed by atoms with Crippen LogP contribution in [0.1, 0.15) is 210 Å². The molecular formula is C52H77Br. The van der Waals surface area contributed by atoms with Crippen LogP contribution in [0.15, 0.2) is 53.0 Å². The molecule has 4 fully saturated rings. The highest BCUT2D eigenvalue weighted by Crippen LogP contribution is 2.46. The molecule has 0 heterocycles. The van der Waals surface area contributed by atoms with Gasteiger partial charge in [-0.25, -0.2) is 0 Å². The van der Waals surface area contributed by atoms with Crippen molar-refractivity contribution in [2.75, 3.05) is 0 Å². The first-order chi connectivity index (χ1) is 26.0. The maximum Gasteiger partial charge on any atom is 0.0245 e.